The van der Waals surface area contributed by atoms with E-state index in [9.17, 15) is 9.18 Å². The largest absolute Gasteiger partial charge is 0.328 e. The fourth-order valence-electron chi connectivity index (χ4n) is 2.13. The average Bonchev–Trinajstić information content (AvgIpc) is 3.19. The number of aromatic nitrogens is 2. The highest BCUT2D eigenvalue weighted by Crippen LogP contribution is 2.33. The summed E-state index contributed by atoms with van der Waals surface area (Å²) in [5.41, 5.74) is 0.630. The fraction of sp³-hybridized carbons (Fsp3) is 0.286. The Bertz CT molecular complexity index is 719. The summed E-state index contributed by atoms with van der Waals surface area (Å²) in [7, 11) is 0. The molecule has 1 aliphatic carbocycles. The van der Waals surface area contributed by atoms with Crippen LogP contribution in [0.25, 0.3) is 0 Å². The zero-order valence-electron chi connectivity index (χ0n) is 10.2. The molecule has 0 aliphatic heterocycles. The van der Waals surface area contributed by atoms with Crippen LogP contribution in [-0.4, -0.2) is 9.13 Å². The summed E-state index contributed by atoms with van der Waals surface area (Å²) in [5, 5.41) is 8.81. The van der Waals surface area contributed by atoms with Gasteiger partial charge in [-0.25, -0.2) is 9.18 Å². The first-order chi connectivity index (χ1) is 9.19. The van der Waals surface area contributed by atoms with Crippen molar-refractivity contribution in [1.82, 2.24) is 9.13 Å². The number of halogens is 1. The summed E-state index contributed by atoms with van der Waals surface area (Å²) < 4.78 is 16.8. The van der Waals surface area contributed by atoms with Crippen molar-refractivity contribution in [2.24, 2.45) is 0 Å². The molecule has 1 aromatic carbocycles. The van der Waals surface area contributed by atoms with Gasteiger partial charge >= 0.3 is 5.69 Å². The topological polar surface area (TPSA) is 50.7 Å². The van der Waals surface area contributed by atoms with E-state index in [1.807, 2.05) is 6.07 Å². The predicted molar refractivity (Wildman–Crippen MR) is 67.2 cm³/mol. The van der Waals surface area contributed by atoms with Crippen molar-refractivity contribution in [2.45, 2.75) is 25.4 Å². The monoisotopic (exact) mass is 257 g/mol. The van der Waals surface area contributed by atoms with Gasteiger partial charge in [-0.1, -0.05) is 0 Å². The van der Waals surface area contributed by atoms with Gasteiger partial charge in [0.2, 0.25) is 0 Å². The van der Waals surface area contributed by atoms with Gasteiger partial charge in [0, 0.05) is 24.0 Å². The molecule has 0 radical (unpaired) electrons. The van der Waals surface area contributed by atoms with E-state index in [1.165, 1.54) is 22.8 Å². The highest BCUT2D eigenvalue weighted by Gasteiger charge is 2.25. The van der Waals surface area contributed by atoms with Crippen molar-refractivity contribution in [1.29, 1.82) is 5.26 Å². The number of imidazole rings is 1. The highest BCUT2D eigenvalue weighted by molar-refractivity contribution is 5.33. The highest BCUT2D eigenvalue weighted by atomic mass is 19.1. The SMILES string of the molecule is N#Cc1ccc(F)c(Cn2ccn(C3CC3)c2=O)c1. The van der Waals surface area contributed by atoms with Crippen LogP contribution in [0.3, 0.4) is 0 Å². The average molecular weight is 257 g/mol. The molecule has 96 valence electrons. The molecule has 1 aliphatic rings. The van der Waals surface area contributed by atoms with E-state index in [4.69, 9.17) is 5.26 Å². The van der Waals surface area contributed by atoms with Gasteiger partial charge in [0.1, 0.15) is 5.82 Å². The van der Waals surface area contributed by atoms with Crippen LogP contribution in [-0.2, 0) is 6.54 Å². The molecule has 5 heteroatoms. The van der Waals surface area contributed by atoms with Gasteiger partial charge in [-0.3, -0.25) is 9.13 Å². The number of hydrogen-bond donors (Lipinski definition) is 0. The maximum Gasteiger partial charge on any atom is 0.328 e. The number of rotatable bonds is 3. The molecule has 0 bridgehead atoms. The van der Waals surface area contributed by atoms with Crippen molar-refractivity contribution in [3.63, 3.8) is 0 Å². The number of nitriles is 1. The van der Waals surface area contributed by atoms with E-state index in [0.29, 0.717) is 17.2 Å². The lowest BCUT2D eigenvalue weighted by atomic mass is 10.1. The fourth-order valence-corrected chi connectivity index (χ4v) is 2.13. The Morgan fingerprint density at radius 2 is 2.16 bits per heavy atom. The molecule has 0 atom stereocenters. The molecule has 0 N–H and O–H groups in total. The van der Waals surface area contributed by atoms with Crippen LogP contribution in [0.4, 0.5) is 4.39 Å². The summed E-state index contributed by atoms with van der Waals surface area (Å²) in [6.07, 6.45) is 5.47. The first-order valence-corrected chi connectivity index (χ1v) is 6.15. The molecular weight excluding hydrogens is 245 g/mol. The number of benzene rings is 1. The van der Waals surface area contributed by atoms with E-state index >= 15 is 0 Å². The molecule has 4 nitrogen and oxygen atoms in total. The van der Waals surface area contributed by atoms with Crippen LogP contribution in [0.15, 0.2) is 35.4 Å². The second-order valence-corrected chi connectivity index (χ2v) is 4.77. The van der Waals surface area contributed by atoms with E-state index < -0.39 is 5.82 Å². The van der Waals surface area contributed by atoms with Crippen LogP contribution < -0.4 is 5.69 Å². The molecule has 0 saturated heterocycles. The summed E-state index contributed by atoms with van der Waals surface area (Å²) in [4.78, 5) is 12.1. The maximum atomic E-state index is 13.7. The lowest BCUT2D eigenvalue weighted by molar-refractivity contribution is 0.589. The van der Waals surface area contributed by atoms with Gasteiger partial charge in [0.25, 0.3) is 0 Å². The number of hydrogen-bond acceptors (Lipinski definition) is 2. The Kier molecular flexibility index (Phi) is 2.71. The molecule has 3 rings (SSSR count). The molecule has 0 spiro atoms. The molecule has 19 heavy (non-hydrogen) atoms. The minimum Gasteiger partial charge on any atom is -0.296 e. The zero-order valence-corrected chi connectivity index (χ0v) is 10.2. The van der Waals surface area contributed by atoms with E-state index in [2.05, 4.69) is 0 Å². The molecule has 1 aromatic heterocycles. The Morgan fingerprint density at radius 1 is 1.37 bits per heavy atom. The van der Waals surface area contributed by atoms with Gasteiger partial charge in [0.05, 0.1) is 18.2 Å². The van der Waals surface area contributed by atoms with Crippen LogP contribution in [0.1, 0.15) is 30.0 Å². The molecule has 2 aromatic rings. The van der Waals surface area contributed by atoms with Gasteiger partial charge < -0.3 is 0 Å². The van der Waals surface area contributed by atoms with Crippen molar-refractivity contribution >= 4 is 0 Å². The summed E-state index contributed by atoms with van der Waals surface area (Å²) in [6.45, 7) is 0.153. The maximum absolute atomic E-state index is 13.7. The summed E-state index contributed by atoms with van der Waals surface area (Å²) >= 11 is 0. The van der Waals surface area contributed by atoms with Crippen LogP contribution in [0.2, 0.25) is 0 Å². The van der Waals surface area contributed by atoms with E-state index in [-0.39, 0.29) is 12.2 Å². The molecule has 1 saturated carbocycles. The minimum atomic E-state index is -0.398. The molecule has 1 fully saturated rings. The molecular formula is C14H12FN3O. The van der Waals surface area contributed by atoms with Gasteiger partial charge in [-0.15, -0.1) is 0 Å². The quantitative estimate of drug-likeness (QED) is 0.845. The van der Waals surface area contributed by atoms with Crippen molar-refractivity contribution in [3.05, 3.63) is 58.0 Å². The lowest BCUT2D eigenvalue weighted by Crippen LogP contribution is -2.24. The number of nitrogens with zero attached hydrogens (tertiary/aromatic N) is 3. The molecule has 0 amide bonds. The van der Waals surface area contributed by atoms with Gasteiger partial charge in [-0.2, -0.15) is 5.26 Å². The van der Waals surface area contributed by atoms with Crippen molar-refractivity contribution in [2.75, 3.05) is 0 Å². The van der Waals surface area contributed by atoms with Crippen molar-refractivity contribution in [3.8, 4) is 6.07 Å². The van der Waals surface area contributed by atoms with E-state index in [1.54, 1.807) is 17.0 Å². The first-order valence-electron chi connectivity index (χ1n) is 6.15. The second kappa shape index (κ2) is 4.39. The van der Waals surface area contributed by atoms with Crippen LogP contribution in [0.5, 0.6) is 0 Å². The normalized spacial score (nSPS) is 14.3. The second-order valence-electron chi connectivity index (χ2n) is 4.77. The third-order valence-corrected chi connectivity index (χ3v) is 3.33. The summed E-state index contributed by atoms with van der Waals surface area (Å²) in [5.74, 6) is -0.398. The minimum absolute atomic E-state index is 0.121. The molecule has 1 heterocycles. The third kappa shape index (κ3) is 2.17. The molecule has 0 unspecified atom stereocenters. The van der Waals surface area contributed by atoms with Crippen molar-refractivity contribution < 1.29 is 4.39 Å². The predicted octanol–water partition coefficient (Wildman–Crippen LogP) is 2.04. The smallest absolute Gasteiger partial charge is 0.296 e. The zero-order chi connectivity index (χ0) is 13.4. The van der Waals surface area contributed by atoms with Crippen LogP contribution in [0, 0.1) is 17.1 Å². The summed E-state index contributed by atoms with van der Waals surface area (Å²) in [6, 6.07) is 6.45. The Labute approximate surface area is 109 Å². The Hall–Kier alpha value is -2.35. The third-order valence-electron chi connectivity index (χ3n) is 3.33. The van der Waals surface area contributed by atoms with Gasteiger partial charge in [-0.05, 0) is 31.0 Å². The first kappa shape index (κ1) is 11.7. The lowest BCUT2D eigenvalue weighted by Gasteiger charge is -2.04. The van der Waals surface area contributed by atoms with E-state index in [0.717, 1.165) is 12.8 Å². The van der Waals surface area contributed by atoms with Crippen LogP contribution >= 0.6 is 0 Å². The Balaban J connectivity index is 1.93. The Morgan fingerprint density at radius 3 is 2.84 bits per heavy atom. The van der Waals surface area contributed by atoms with Gasteiger partial charge in [0.15, 0.2) is 0 Å². The standard InChI is InChI=1S/C14H12FN3O/c15-13-4-1-10(8-16)7-11(13)9-17-5-6-18(14(17)19)12-2-3-12/h1,4-7,12H,2-3,9H2.